The van der Waals surface area contributed by atoms with Crippen molar-refractivity contribution in [3.8, 4) is 0 Å². The lowest BCUT2D eigenvalue weighted by Crippen LogP contribution is -2.65. The van der Waals surface area contributed by atoms with Crippen LogP contribution in [-0.4, -0.2) is 124 Å². The normalized spacial score (nSPS) is 44.6. The highest BCUT2D eigenvalue weighted by molar-refractivity contribution is 5.91. The van der Waals surface area contributed by atoms with Gasteiger partial charge in [-0.25, -0.2) is 0 Å². The van der Waals surface area contributed by atoms with E-state index in [1.54, 1.807) is 19.1 Å². The van der Waals surface area contributed by atoms with E-state index in [1.807, 2.05) is 73.5 Å². The first kappa shape index (κ1) is 42.7. The van der Waals surface area contributed by atoms with Gasteiger partial charge in [0, 0.05) is 24.2 Å². The van der Waals surface area contributed by atoms with E-state index in [-0.39, 0.29) is 36.4 Å². The predicted molar refractivity (Wildman–Crippen MR) is 188 cm³/mol. The van der Waals surface area contributed by atoms with Gasteiger partial charge >= 0.3 is 5.97 Å². The highest BCUT2D eigenvalue weighted by atomic mass is 16.7. The number of carbonyl (C=O) groups is 2. The van der Waals surface area contributed by atoms with Gasteiger partial charge in [0.15, 0.2) is 18.4 Å². The number of likely N-dealkylation sites (N-methyl/N-ethyl adjacent to an activating group) is 1. The van der Waals surface area contributed by atoms with Crippen LogP contribution in [-0.2, 0) is 33.3 Å². The molecule has 3 rings (SSSR count). The number of aliphatic hydroxyl groups is 4. The van der Waals surface area contributed by atoms with Crippen LogP contribution in [0.4, 0.5) is 0 Å². The van der Waals surface area contributed by atoms with Crippen LogP contribution in [0.2, 0.25) is 0 Å². The average Bonchev–Trinajstić information content (AvgIpc) is 3.03. The molecule has 12 heteroatoms. The smallest absolute Gasteiger partial charge is 0.308 e. The fourth-order valence-corrected chi connectivity index (χ4v) is 7.72. The molecule has 12 nitrogen and oxygen atoms in total. The van der Waals surface area contributed by atoms with Crippen molar-refractivity contribution in [2.45, 2.75) is 167 Å². The topological polar surface area (TPSA) is 164 Å². The molecule has 0 aromatic heterocycles. The minimum Gasteiger partial charge on any atom is -0.462 e. The van der Waals surface area contributed by atoms with E-state index in [4.69, 9.17) is 23.7 Å². The number of cyclic esters (lactones) is 1. The fraction of sp³-hybridized carbons (Fsp3) is 0.842. The van der Waals surface area contributed by atoms with Crippen LogP contribution >= 0.6 is 0 Å². The van der Waals surface area contributed by atoms with Crippen molar-refractivity contribution in [1.82, 2.24) is 4.90 Å². The molecule has 0 radical (unpaired) electrons. The number of hydrogen-bond acceptors (Lipinski definition) is 12. The maximum Gasteiger partial charge on any atom is 0.308 e. The van der Waals surface area contributed by atoms with E-state index in [0.29, 0.717) is 19.3 Å². The number of rotatable bonds is 7. The summed E-state index contributed by atoms with van der Waals surface area (Å²) in [7, 11) is 3.62. The largest absolute Gasteiger partial charge is 0.462 e. The molecule has 288 valence electrons. The van der Waals surface area contributed by atoms with Crippen molar-refractivity contribution >= 4 is 11.8 Å². The Balaban J connectivity index is 1.92. The molecule has 50 heavy (non-hydrogen) atoms. The molecule has 4 N–H and O–H groups in total. The molecule has 0 aromatic rings. The van der Waals surface area contributed by atoms with Crippen molar-refractivity contribution < 1.29 is 53.7 Å². The van der Waals surface area contributed by atoms with Gasteiger partial charge in [0.2, 0.25) is 0 Å². The Bertz CT molecular complexity index is 1170. The van der Waals surface area contributed by atoms with Gasteiger partial charge in [0.05, 0.1) is 42.5 Å². The Hall–Kier alpha value is -1.74. The van der Waals surface area contributed by atoms with Crippen LogP contribution in [0.25, 0.3) is 0 Å². The van der Waals surface area contributed by atoms with Crippen molar-refractivity contribution in [3.05, 3.63) is 23.8 Å². The summed E-state index contributed by atoms with van der Waals surface area (Å²) in [6.07, 6.45) is -1.69. The molecule has 0 saturated carbocycles. The van der Waals surface area contributed by atoms with Crippen LogP contribution in [0, 0.1) is 23.7 Å². The number of ether oxygens (including phenoxy) is 5. The second kappa shape index (κ2) is 18.3. The monoisotopic (exact) mass is 711 g/mol. The van der Waals surface area contributed by atoms with Crippen molar-refractivity contribution in [1.29, 1.82) is 0 Å². The fourth-order valence-electron chi connectivity index (χ4n) is 7.72. The third-order valence-corrected chi connectivity index (χ3v) is 10.9. The van der Waals surface area contributed by atoms with Gasteiger partial charge in [0.25, 0.3) is 0 Å². The molecule has 0 aromatic carbocycles. The number of ketones is 1. The molecule has 2 fully saturated rings. The Labute approximate surface area is 299 Å². The van der Waals surface area contributed by atoms with E-state index in [9.17, 15) is 30.0 Å². The van der Waals surface area contributed by atoms with E-state index in [0.717, 1.165) is 5.57 Å². The third kappa shape index (κ3) is 10.7. The van der Waals surface area contributed by atoms with Gasteiger partial charge in [-0.2, -0.15) is 0 Å². The average molecular weight is 712 g/mol. The van der Waals surface area contributed by atoms with Gasteiger partial charge in [-0.05, 0) is 66.6 Å². The summed E-state index contributed by atoms with van der Waals surface area (Å²) in [4.78, 5) is 28.3. The first-order valence-corrected chi connectivity index (χ1v) is 18.5. The molecule has 2 saturated heterocycles. The summed E-state index contributed by atoms with van der Waals surface area (Å²) in [5.74, 6) is -1.81. The number of esters is 1. The maximum absolute atomic E-state index is 13.3. The number of allylic oxidation sites excluding steroid dienone is 3. The molecule has 3 heterocycles. The Kier molecular flexibility index (Phi) is 15.7. The number of nitrogens with zero attached hydrogens (tertiary/aromatic N) is 1. The van der Waals surface area contributed by atoms with Crippen LogP contribution in [0.1, 0.15) is 94.4 Å². The SMILES string of the molecule is CCC1CC(C)C(=O)C=CC(C)=CC(C)C(CC)OC(=O)CC(O)C(C)C1OC1OC(C)C(OC2CC(C)(O)C(O)C(C)O2)C(N(C)C)C1O. The zero-order valence-corrected chi connectivity index (χ0v) is 32.0. The summed E-state index contributed by atoms with van der Waals surface area (Å²) in [5, 5.41) is 44.5. The molecule has 0 bridgehead atoms. The van der Waals surface area contributed by atoms with E-state index >= 15 is 0 Å². The zero-order chi connectivity index (χ0) is 37.7. The summed E-state index contributed by atoms with van der Waals surface area (Å²) >= 11 is 0. The lowest BCUT2D eigenvalue weighted by molar-refractivity contribution is -0.342. The van der Waals surface area contributed by atoms with Crippen LogP contribution in [0.15, 0.2) is 23.8 Å². The van der Waals surface area contributed by atoms with Crippen molar-refractivity contribution in [2.24, 2.45) is 23.7 Å². The van der Waals surface area contributed by atoms with Gasteiger partial charge in [-0.15, -0.1) is 0 Å². The number of carbonyl (C=O) groups excluding carboxylic acids is 2. The molecule has 0 spiro atoms. The first-order valence-electron chi connectivity index (χ1n) is 18.5. The van der Waals surface area contributed by atoms with Crippen LogP contribution in [0.5, 0.6) is 0 Å². The minimum absolute atomic E-state index is 0.0237. The van der Waals surface area contributed by atoms with Gasteiger partial charge in [0.1, 0.15) is 24.4 Å². The van der Waals surface area contributed by atoms with Crippen molar-refractivity contribution in [2.75, 3.05) is 14.1 Å². The zero-order valence-electron chi connectivity index (χ0n) is 32.0. The minimum atomic E-state index is -1.43. The molecular formula is C38H65NO11. The van der Waals surface area contributed by atoms with E-state index in [2.05, 4.69) is 0 Å². The molecule has 0 aliphatic carbocycles. The predicted octanol–water partition coefficient (Wildman–Crippen LogP) is 3.52. The first-order chi connectivity index (χ1) is 23.3. The Morgan fingerprint density at radius 3 is 2.18 bits per heavy atom. The summed E-state index contributed by atoms with van der Waals surface area (Å²) in [6, 6.07) is -0.629. The molecule has 16 unspecified atom stereocenters. The number of aliphatic hydroxyl groups excluding tert-OH is 3. The van der Waals surface area contributed by atoms with Crippen molar-refractivity contribution in [3.63, 3.8) is 0 Å². The summed E-state index contributed by atoms with van der Waals surface area (Å²) < 4.78 is 31.1. The summed E-state index contributed by atoms with van der Waals surface area (Å²) in [6.45, 7) is 16.5. The Morgan fingerprint density at radius 1 is 0.940 bits per heavy atom. The maximum atomic E-state index is 13.3. The highest BCUT2D eigenvalue weighted by Gasteiger charge is 2.51. The summed E-state index contributed by atoms with van der Waals surface area (Å²) in [5.41, 5.74) is -0.536. The van der Waals surface area contributed by atoms with Gasteiger partial charge < -0.3 is 49.0 Å². The van der Waals surface area contributed by atoms with Crippen LogP contribution < -0.4 is 0 Å². The lowest BCUT2D eigenvalue weighted by Gasteiger charge is -2.50. The quantitative estimate of drug-likeness (QED) is 0.285. The number of hydrogen-bond donors (Lipinski definition) is 4. The van der Waals surface area contributed by atoms with E-state index in [1.165, 1.54) is 6.92 Å². The molecular weight excluding hydrogens is 646 g/mol. The van der Waals surface area contributed by atoms with E-state index < -0.39 is 84.9 Å². The second-order valence-corrected chi connectivity index (χ2v) is 15.5. The second-order valence-electron chi connectivity index (χ2n) is 15.5. The van der Waals surface area contributed by atoms with Gasteiger partial charge in [-0.1, -0.05) is 58.8 Å². The third-order valence-electron chi connectivity index (χ3n) is 10.9. The van der Waals surface area contributed by atoms with Gasteiger partial charge in [-0.3, -0.25) is 9.59 Å². The molecule has 0 amide bonds. The van der Waals surface area contributed by atoms with Crippen LogP contribution in [0.3, 0.4) is 0 Å². The molecule has 3 aliphatic rings. The molecule has 3 aliphatic heterocycles. The lowest BCUT2D eigenvalue weighted by atomic mass is 9.80. The highest BCUT2D eigenvalue weighted by Crippen LogP contribution is 2.37. The standard InChI is InChI=1S/C38H65NO11/c1-12-26-17-21(4)27(40)15-14-20(3)16-22(5)29(13-2)48-30(42)18-28(41)23(6)34(26)50-37-33(43)32(39(10)11)35(24(7)47-37)49-31-19-38(9,45)36(44)25(8)46-31/h14-16,21-26,28-29,31-37,41,43-45H,12-13,17-19H2,1-11H3. The Morgan fingerprint density at radius 2 is 1.60 bits per heavy atom. The molecule has 16 atom stereocenters.